The van der Waals surface area contributed by atoms with E-state index in [2.05, 4.69) is 49.1 Å². The zero-order valence-electron chi connectivity index (χ0n) is 12.4. The topological polar surface area (TPSA) is 29.3 Å². The van der Waals surface area contributed by atoms with Gasteiger partial charge < -0.3 is 5.73 Å². The molecule has 0 amide bonds. The summed E-state index contributed by atoms with van der Waals surface area (Å²) in [6.07, 6.45) is 6.35. The molecule has 3 atom stereocenters. The quantitative estimate of drug-likeness (QED) is 0.874. The molecule has 1 aliphatic rings. The summed E-state index contributed by atoms with van der Waals surface area (Å²) in [6.45, 7) is 5.64. The fourth-order valence-electron chi connectivity index (χ4n) is 3.40. The highest BCUT2D eigenvalue weighted by atomic mass is 15.2. The van der Waals surface area contributed by atoms with Crippen molar-refractivity contribution < 1.29 is 0 Å². The normalized spacial score (nSPS) is 24.1. The van der Waals surface area contributed by atoms with Crippen LogP contribution in [0.1, 0.15) is 57.6 Å². The Morgan fingerprint density at radius 2 is 2.00 bits per heavy atom. The smallest absolute Gasteiger partial charge is 0.0351 e. The van der Waals surface area contributed by atoms with Crippen LogP contribution in [0, 0.1) is 0 Å². The van der Waals surface area contributed by atoms with E-state index < -0.39 is 0 Å². The van der Waals surface area contributed by atoms with Gasteiger partial charge in [0.2, 0.25) is 0 Å². The van der Waals surface area contributed by atoms with E-state index >= 15 is 0 Å². The van der Waals surface area contributed by atoms with Gasteiger partial charge in [-0.15, -0.1) is 0 Å². The van der Waals surface area contributed by atoms with Crippen molar-refractivity contribution in [1.29, 1.82) is 0 Å². The summed E-state index contributed by atoms with van der Waals surface area (Å²) in [5.74, 6) is 0. The lowest BCUT2D eigenvalue weighted by atomic mass is 9.91. The Morgan fingerprint density at radius 1 is 1.26 bits per heavy atom. The fourth-order valence-corrected chi connectivity index (χ4v) is 3.40. The van der Waals surface area contributed by atoms with Crippen LogP contribution in [-0.4, -0.2) is 23.5 Å². The minimum atomic E-state index is 0.267. The van der Waals surface area contributed by atoms with Crippen molar-refractivity contribution in [2.75, 3.05) is 6.54 Å². The second-order valence-corrected chi connectivity index (χ2v) is 5.88. The Morgan fingerprint density at radius 3 is 2.63 bits per heavy atom. The van der Waals surface area contributed by atoms with Crippen LogP contribution in [-0.2, 0) is 0 Å². The number of piperidine rings is 1. The predicted octanol–water partition coefficient (Wildman–Crippen LogP) is 3.73. The highest BCUT2D eigenvalue weighted by Crippen LogP contribution is 2.32. The maximum Gasteiger partial charge on any atom is 0.0351 e. The molecule has 1 saturated heterocycles. The molecule has 1 fully saturated rings. The molecule has 0 aliphatic carbocycles. The van der Waals surface area contributed by atoms with Gasteiger partial charge in [0.15, 0.2) is 0 Å². The van der Waals surface area contributed by atoms with Gasteiger partial charge in [0.25, 0.3) is 0 Å². The first-order valence-electron chi connectivity index (χ1n) is 7.80. The Hall–Kier alpha value is -0.860. The van der Waals surface area contributed by atoms with Crippen LogP contribution in [0.15, 0.2) is 30.3 Å². The van der Waals surface area contributed by atoms with Crippen molar-refractivity contribution in [3.63, 3.8) is 0 Å². The van der Waals surface area contributed by atoms with Crippen LogP contribution in [0.4, 0.5) is 0 Å². The lowest BCUT2D eigenvalue weighted by molar-refractivity contribution is 0.0755. The number of likely N-dealkylation sites (tertiary alicyclic amines) is 1. The van der Waals surface area contributed by atoms with E-state index in [-0.39, 0.29) is 6.04 Å². The van der Waals surface area contributed by atoms with E-state index in [1.54, 1.807) is 0 Å². The summed E-state index contributed by atoms with van der Waals surface area (Å²) < 4.78 is 0. The van der Waals surface area contributed by atoms with Gasteiger partial charge in [-0.3, -0.25) is 4.90 Å². The van der Waals surface area contributed by atoms with Gasteiger partial charge in [-0.05, 0) is 38.3 Å². The highest BCUT2D eigenvalue weighted by Gasteiger charge is 2.31. The molecular formula is C17H28N2. The highest BCUT2D eigenvalue weighted by molar-refractivity contribution is 5.19. The summed E-state index contributed by atoms with van der Waals surface area (Å²) in [4.78, 5) is 2.67. The summed E-state index contributed by atoms with van der Waals surface area (Å²) in [7, 11) is 0. The van der Waals surface area contributed by atoms with Crippen LogP contribution in [0.5, 0.6) is 0 Å². The number of hydrogen-bond acceptors (Lipinski definition) is 2. The van der Waals surface area contributed by atoms with E-state index in [0.29, 0.717) is 12.1 Å². The molecule has 0 spiro atoms. The molecule has 3 unspecified atom stereocenters. The summed E-state index contributed by atoms with van der Waals surface area (Å²) in [6, 6.07) is 12.3. The molecule has 2 nitrogen and oxygen atoms in total. The second-order valence-electron chi connectivity index (χ2n) is 5.88. The standard InChI is InChI=1S/C17H28N2/c1-3-9-17(15-10-5-4-6-11-15)19-13-8-7-12-16(19)14(2)18/h4-6,10-11,14,16-17H,3,7-9,12-13,18H2,1-2H3. The summed E-state index contributed by atoms with van der Waals surface area (Å²) in [5, 5.41) is 0. The monoisotopic (exact) mass is 260 g/mol. The Labute approximate surface area is 118 Å². The number of nitrogens with two attached hydrogens (primary N) is 1. The van der Waals surface area contributed by atoms with E-state index in [9.17, 15) is 0 Å². The van der Waals surface area contributed by atoms with Gasteiger partial charge in [0, 0.05) is 18.1 Å². The third-order valence-electron chi connectivity index (χ3n) is 4.35. The molecule has 0 aromatic heterocycles. The number of benzene rings is 1. The molecule has 19 heavy (non-hydrogen) atoms. The van der Waals surface area contributed by atoms with Crippen molar-refractivity contribution in [3.05, 3.63) is 35.9 Å². The van der Waals surface area contributed by atoms with Gasteiger partial charge in [0.05, 0.1) is 0 Å². The van der Waals surface area contributed by atoms with E-state index in [4.69, 9.17) is 5.73 Å². The molecule has 0 saturated carbocycles. The van der Waals surface area contributed by atoms with Crippen molar-refractivity contribution in [3.8, 4) is 0 Å². The minimum absolute atomic E-state index is 0.267. The molecule has 2 heteroatoms. The van der Waals surface area contributed by atoms with Crippen LogP contribution in [0.2, 0.25) is 0 Å². The van der Waals surface area contributed by atoms with Gasteiger partial charge >= 0.3 is 0 Å². The lowest BCUT2D eigenvalue weighted by Crippen LogP contribution is -2.50. The Bertz CT molecular complexity index is 361. The zero-order valence-corrected chi connectivity index (χ0v) is 12.4. The number of hydrogen-bond donors (Lipinski definition) is 1. The lowest BCUT2D eigenvalue weighted by Gasteiger charge is -2.43. The van der Waals surface area contributed by atoms with Crippen molar-refractivity contribution in [2.24, 2.45) is 5.73 Å². The average molecular weight is 260 g/mol. The van der Waals surface area contributed by atoms with Gasteiger partial charge in [0.1, 0.15) is 0 Å². The van der Waals surface area contributed by atoms with E-state index in [1.165, 1.54) is 44.2 Å². The second kappa shape index (κ2) is 7.06. The third kappa shape index (κ3) is 3.58. The van der Waals surface area contributed by atoms with Gasteiger partial charge in [-0.25, -0.2) is 0 Å². The largest absolute Gasteiger partial charge is 0.327 e. The van der Waals surface area contributed by atoms with Crippen molar-refractivity contribution in [1.82, 2.24) is 4.90 Å². The molecule has 1 aromatic carbocycles. The molecule has 1 aliphatic heterocycles. The van der Waals surface area contributed by atoms with Crippen molar-refractivity contribution in [2.45, 2.75) is 64.1 Å². The van der Waals surface area contributed by atoms with Crippen LogP contribution in [0.25, 0.3) is 0 Å². The average Bonchev–Trinajstić information content (AvgIpc) is 2.45. The third-order valence-corrected chi connectivity index (χ3v) is 4.35. The number of rotatable bonds is 5. The first-order chi connectivity index (χ1) is 9.24. The molecule has 0 radical (unpaired) electrons. The maximum absolute atomic E-state index is 6.23. The first kappa shape index (κ1) is 14.5. The van der Waals surface area contributed by atoms with Gasteiger partial charge in [-0.2, -0.15) is 0 Å². The first-order valence-corrected chi connectivity index (χ1v) is 7.80. The number of nitrogens with zero attached hydrogens (tertiary/aromatic N) is 1. The van der Waals surface area contributed by atoms with Crippen molar-refractivity contribution >= 4 is 0 Å². The Balaban J connectivity index is 2.21. The summed E-state index contributed by atoms with van der Waals surface area (Å²) >= 11 is 0. The van der Waals surface area contributed by atoms with Crippen LogP contribution >= 0.6 is 0 Å². The molecule has 2 N–H and O–H groups in total. The molecule has 1 aromatic rings. The van der Waals surface area contributed by atoms with Crippen LogP contribution in [0.3, 0.4) is 0 Å². The van der Waals surface area contributed by atoms with Crippen LogP contribution < -0.4 is 5.73 Å². The van der Waals surface area contributed by atoms with E-state index in [1.807, 2.05) is 0 Å². The predicted molar refractivity (Wildman–Crippen MR) is 82.1 cm³/mol. The Kier molecular flexibility index (Phi) is 5.41. The molecular weight excluding hydrogens is 232 g/mol. The zero-order chi connectivity index (χ0) is 13.7. The molecule has 1 heterocycles. The fraction of sp³-hybridized carbons (Fsp3) is 0.647. The van der Waals surface area contributed by atoms with E-state index in [0.717, 1.165) is 0 Å². The van der Waals surface area contributed by atoms with Gasteiger partial charge in [-0.1, -0.05) is 50.1 Å². The summed E-state index contributed by atoms with van der Waals surface area (Å²) in [5.41, 5.74) is 7.68. The minimum Gasteiger partial charge on any atom is -0.327 e. The molecule has 2 rings (SSSR count). The SMILES string of the molecule is CCCC(c1ccccc1)N1CCCCC1C(C)N. The molecule has 106 valence electrons. The maximum atomic E-state index is 6.23. The molecule has 0 bridgehead atoms.